The Morgan fingerprint density at radius 1 is 1.53 bits per heavy atom. The standard InChI is InChI=1S/C12H21N3O2/c1-3-5-12(6-4-7-13-9-12)11-14-10(8-16-2)15-17-11/h13H,3-9H2,1-2H3. The fourth-order valence-electron chi connectivity index (χ4n) is 2.61. The summed E-state index contributed by atoms with van der Waals surface area (Å²) >= 11 is 0. The van der Waals surface area contributed by atoms with Gasteiger partial charge in [-0.25, -0.2) is 0 Å². The molecule has 2 rings (SSSR count). The molecule has 0 bridgehead atoms. The maximum atomic E-state index is 5.43. The van der Waals surface area contributed by atoms with E-state index in [1.807, 2.05) is 0 Å². The van der Waals surface area contributed by atoms with E-state index in [2.05, 4.69) is 22.4 Å². The van der Waals surface area contributed by atoms with E-state index in [0.29, 0.717) is 12.4 Å². The molecule has 1 aliphatic rings. The van der Waals surface area contributed by atoms with E-state index < -0.39 is 0 Å². The molecule has 1 aliphatic heterocycles. The van der Waals surface area contributed by atoms with Crippen molar-refractivity contribution in [3.8, 4) is 0 Å². The molecule has 1 atom stereocenters. The van der Waals surface area contributed by atoms with E-state index in [1.54, 1.807) is 7.11 Å². The molecule has 17 heavy (non-hydrogen) atoms. The zero-order chi connectivity index (χ0) is 12.1. The molecule has 1 N–H and O–H groups in total. The molecule has 96 valence electrons. The van der Waals surface area contributed by atoms with E-state index in [-0.39, 0.29) is 5.41 Å². The van der Waals surface area contributed by atoms with Crippen molar-refractivity contribution in [2.24, 2.45) is 0 Å². The SMILES string of the molecule is CCCC1(c2nc(COC)no2)CCCNC1. The van der Waals surface area contributed by atoms with E-state index in [0.717, 1.165) is 38.2 Å². The Bertz CT molecular complexity index is 340. The average Bonchev–Trinajstić information content (AvgIpc) is 2.80. The van der Waals surface area contributed by atoms with E-state index in [9.17, 15) is 0 Å². The molecule has 0 aromatic carbocycles. The van der Waals surface area contributed by atoms with E-state index in [4.69, 9.17) is 9.26 Å². The molecule has 1 aromatic rings. The fourth-order valence-corrected chi connectivity index (χ4v) is 2.61. The fraction of sp³-hybridized carbons (Fsp3) is 0.833. The Morgan fingerprint density at radius 3 is 3.06 bits per heavy atom. The summed E-state index contributed by atoms with van der Waals surface area (Å²) in [5.74, 6) is 1.42. The lowest BCUT2D eigenvalue weighted by atomic mass is 9.77. The van der Waals surface area contributed by atoms with Gasteiger partial charge in [0.1, 0.15) is 6.61 Å². The van der Waals surface area contributed by atoms with Crippen molar-refractivity contribution in [3.05, 3.63) is 11.7 Å². The van der Waals surface area contributed by atoms with Crippen LogP contribution in [0.4, 0.5) is 0 Å². The van der Waals surface area contributed by atoms with Gasteiger partial charge in [0.2, 0.25) is 5.89 Å². The molecule has 1 saturated heterocycles. The summed E-state index contributed by atoms with van der Waals surface area (Å²) in [5.41, 5.74) is 0.0337. The predicted molar refractivity (Wildman–Crippen MR) is 63.7 cm³/mol. The van der Waals surface area contributed by atoms with Crippen molar-refractivity contribution in [2.45, 2.75) is 44.6 Å². The van der Waals surface area contributed by atoms with Crippen LogP contribution in [0.5, 0.6) is 0 Å². The van der Waals surface area contributed by atoms with Gasteiger partial charge >= 0.3 is 0 Å². The van der Waals surface area contributed by atoms with Gasteiger partial charge in [0.25, 0.3) is 0 Å². The molecule has 1 aromatic heterocycles. The number of ether oxygens (including phenoxy) is 1. The highest BCUT2D eigenvalue weighted by molar-refractivity contribution is 5.08. The van der Waals surface area contributed by atoms with Crippen LogP contribution in [0.3, 0.4) is 0 Å². The molecule has 0 amide bonds. The van der Waals surface area contributed by atoms with Gasteiger partial charge < -0.3 is 14.6 Å². The van der Waals surface area contributed by atoms with Crippen molar-refractivity contribution in [2.75, 3.05) is 20.2 Å². The molecular formula is C12H21N3O2. The third kappa shape index (κ3) is 2.66. The van der Waals surface area contributed by atoms with Crippen LogP contribution in [0, 0.1) is 0 Å². The first-order valence-electron chi connectivity index (χ1n) is 6.33. The number of nitrogens with one attached hydrogen (secondary N) is 1. The van der Waals surface area contributed by atoms with Crippen LogP contribution < -0.4 is 5.32 Å². The van der Waals surface area contributed by atoms with E-state index >= 15 is 0 Å². The highest BCUT2D eigenvalue weighted by Crippen LogP contribution is 2.34. The highest BCUT2D eigenvalue weighted by atomic mass is 16.5. The lowest BCUT2D eigenvalue weighted by Crippen LogP contribution is -2.43. The Balaban J connectivity index is 2.18. The van der Waals surface area contributed by atoms with Crippen molar-refractivity contribution in [1.29, 1.82) is 0 Å². The predicted octanol–water partition coefficient (Wildman–Crippen LogP) is 1.64. The van der Waals surface area contributed by atoms with Crippen LogP contribution in [-0.2, 0) is 16.8 Å². The number of aromatic nitrogens is 2. The molecule has 0 radical (unpaired) electrons. The molecule has 0 saturated carbocycles. The second-order valence-electron chi connectivity index (χ2n) is 4.76. The summed E-state index contributed by atoms with van der Waals surface area (Å²) in [7, 11) is 1.64. The summed E-state index contributed by atoms with van der Waals surface area (Å²) in [6.45, 7) is 4.64. The van der Waals surface area contributed by atoms with Crippen molar-refractivity contribution in [3.63, 3.8) is 0 Å². The second kappa shape index (κ2) is 5.60. The highest BCUT2D eigenvalue weighted by Gasteiger charge is 2.38. The quantitative estimate of drug-likeness (QED) is 0.846. The minimum atomic E-state index is 0.0337. The second-order valence-corrected chi connectivity index (χ2v) is 4.76. The summed E-state index contributed by atoms with van der Waals surface area (Å²) in [5, 5.41) is 7.41. The summed E-state index contributed by atoms with van der Waals surface area (Å²) in [4.78, 5) is 4.47. The van der Waals surface area contributed by atoms with Gasteiger partial charge in [-0.05, 0) is 25.8 Å². The van der Waals surface area contributed by atoms with Gasteiger partial charge in [0.15, 0.2) is 5.82 Å². The lowest BCUT2D eigenvalue weighted by Gasteiger charge is -2.34. The normalized spacial score (nSPS) is 25.1. The summed E-state index contributed by atoms with van der Waals surface area (Å²) in [6.07, 6.45) is 4.52. The first-order chi connectivity index (χ1) is 8.30. The average molecular weight is 239 g/mol. The van der Waals surface area contributed by atoms with Gasteiger partial charge in [0.05, 0.1) is 5.41 Å². The summed E-state index contributed by atoms with van der Waals surface area (Å²) < 4.78 is 10.5. The van der Waals surface area contributed by atoms with Crippen molar-refractivity contribution < 1.29 is 9.26 Å². The van der Waals surface area contributed by atoms with E-state index in [1.165, 1.54) is 6.42 Å². The van der Waals surface area contributed by atoms with Crippen molar-refractivity contribution in [1.82, 2.24) is 15.5 Å². The Hall–Kier alpha value is -0.940. The number of methoxy groups -OCH3 is 1. The maximum absolute atomic E-state index is 5.43. The van der Waals surface area contributed by atoms with Crippen LogP contribution in [0.15, 0.2) is 4.52 Å². The molecule has 0 aliphatic carbocycles. The Labute approximate surface area is 102 Å². The zero-order valence-corrected chi connectivity index (χ0v) is 10.7. The Kier molecular flexibility index (Phi) is 4.12. The van der Waals surface area contributed by atoms with Gasteiger partial charge in [-0.2, -0.15) is 4.98 Å². The molecule has 5 nitrogen and oxygen atoms in total. The topological polar surface area (TPSA) is 60.2 Å². The summed E-state index contributed by atoms with van der Waals surface area (Å²) in [6, 6.07) is 0. The van der Waals surface area contributed by atoms with Gasteiger partial charge in [-0.1, -0.05) is 18.5 Å². The van der Waals surface area contributed by atoms with Crippen LogP contribution in [0.25, 0.3) is 0 Å². The number of rotatable bonds is 5. The minimum absolute atomic E-state index is 0.0337. The van der Waals surface area contributed by atoms with Gasteiger partial charge in [-0.3, -0.25) is 0 Å². The Morgan fingerprint density at radius 2 is 2.41 bits per heavy atom. The number of piperidine rings is 1. The monoisotopic (exact) mass is 239 g/mol. The lowest BCUT2D eigenvalue weighted by molar-refractivity contribution is 0.173. The van der Waals surface area contributed by atoms with Gasteiger partial charge in [0, 0.05) is 13.7 Å². The number of hydrogen-bond donors (Lipinski definition) is 1. The number of hydrogen-bond acceptors (Lipinski definition) is 5. The first kappa shape index (κ1) is 12.5. The third-order valence-corrected chi connectivity index (χ3v) is 3.40. The molecule has 1 fully saturated rings. The largest absolute Gasteiger partial charge is 0.377 e. The smallest absolute Gasteiger partial charge is 0.234 e. The molecule has 0 spiro atoms. The van der Waals surface area contributed by atoms with Gasteiger partial charge in [-0.15, -0.1) is 0 Å². The number of nitrogens with zero attached hydrogens (tertiary/aromatic N) is 2. The zero-order valence-electron chi connectivity index (χ0n) is 10.7. The maximum Gasteiger partial charge on any atom is 0.234 e. The van der Waals surface area contributed by atoms with Crippen LogP contribution >= 0.6 is 0 Å². The van der Waals surface area contributed by atoms with Crippen molar-refractivity contribution >= 4 is 0 Å². The molecule has 5 heteroatoms. The molecule has 2 heterocycles. The van der Waals surface area contributed by atoms with Crippen LogP contribution in [-0.4, -0.2) is 30.3 Å². The molecule has 1 unspecified atom stereocenters. The molecular weight excluding hydrogens is 218 g/mol. The minimum Gasteiger partial charge on any atom is -0.377 e. The van der Waals surface area contributed by atoms with Crippen LogP contribution in [0.2, 0.25) is 0 Å². The third-order valence-electron chi connectivity index (χ3n) is 3.40. The van der Waals surface area contributed by atoms with Crippen LogP contribution in [0.1, 0.15) is 44.3 Å². The first-order valence-corrected chi connectivity index (χ1v) is 6.33.